The highest BCUT2D eigenvalue weighted by atomic mass is 32.2. The van der Waals surface area contributed by atoms with Crippen LogP contribution in [0.3, 0.4) is 0 Å². The number of rotatable bonds is 2. The summed E-state index contributed by atoms with van der Waals surface area (Å²) >= 11 is 2.05. The van der Waals surface area contributed by atoms with Gasteiger partial charge in [-0.3, -0.25) is 0 Å². The van der Waals surface area contributed by atoms with Crippen LogP contribution < -0.4 is 0 Å². The maximum Gasteiger partial charge on any atom is 0.0542 e. The Kier molecular flexibility index (Phi) is 3.44. The van der Waals surface area contributed by atoms with Gasteiger partial charge in [0.15, 0.2) is 0 Å². The van der Waals surface area contributed by atoms with Crippen molar-refractivity contribution in [3.05, 3.63) is 29.8 Å². The molecule has 1 aliphatic heterocycles. The maximum atomic E-state index is 9.72. The first-order chi connectivity index (χ1) is 8.31. The third-order valence-corrected chi connectivity index (χ3v) is 5.41. The van der Waals surface area contributed by atoms with Gasteiger partial charge in [0.1, 0.15) is 0 Å². The standard InChI is InChI=1S/C15H20OS/c16-13-6-3-4-11(8-13)9-14-10-12-5-1-2-7-15(12)17-14/h1-2,5,7,11,13-14,16H,3-4,6,8-10H2. The number of aliphatic hydroxyl groups excluding tert-OH is 1. The van der Waals surface area contributed by atoms with E-state index in [1.807, 2.05) is 11.8 Å². The Morgan fingerprint density at radius 3 is 2.94 bits per heavy atom. The van der Waals surface area contributed by atoms with E-state index < -0.39 is 0 Å². The van der Waals surface area contributed by atoms with Crippen molar-refractivity contribution in [2.75, 3.05) is 0 Å². The van der Waals surface area contributed by atoms with Gasteiger partial charge in [-0.15, -0.1) is 11.8 Å². The molecule has 1 nitrogen and oxygen atoms in total. The van der Waals surface area contributed by atoms with Crippen LogP contribution in [-0.2, 0) is 6.42 Å². The normalized spacial score (nSPS) is 32.4. The van der Waals surface area contributed by atoms with E-state index in [4.69, 9.17) is 0 Å². The fraction of sp³-hybridized carbons (Fsp3) is 0.600. The minimum absolute atomic E-state index is 0.0254. The van der Waals surface area contributed by atoms with Gasteiger partial charge in [-0.25, -0.2) is 0 Å². The summed E-state index contributed by atoms with van der Waals surface area (Å²) in [5.41, 5.74) is 1.53. The molecule has 1 saturated carbocycles. The molecule has 1 heterocycles. The van der Waals surface area contributed by atoms with Crippen molar-refractivity contribution in [1.82, 2.24) is 0 Å². The van der Waals surface area contributed by atoms with Gasteiger partial charge in [-0.2, -0.15) is 0 Å². The van der Waals surface area contributed by atoms with E-state index in [1.54, 1.807) is 0 Å². The van der Waals surface area contributed by atoms with Crippen molar-refractivity contribution in [1.29, 1.82) is 0 Å². The smallest absolute Gasteiger partial charge is 0.0542 e. The number of aliphatic hydroxyl groups is 1. The van der Waals surface area contributed by atoms with E-state index >= 15 is 0 Å². The van der Waals surface area contributed by atoms with Gasteiger partial charge in [0.05, 0.1) is 6.10 Å². The molecule has 0 bridgehead atoms. The Hall–Kier alpha value is -0.470. The average molecular weight is 248 g/mol. The second-order valence-corrected chi connectivity index (χ2v) is 6.82. The molecule has 0 radical (unpaired) electrons. The van der Waals surface area contributed by atoms with Crippen molar-refractivity contribution in [2.24, 2.45) is 5.92 Å². The van der Waals surface area contributed by atoms with Crippen LogP contribution >= 0.6 is 11.8 Å². The highest BCUT2D eigenvalue weighted by Crippen LogP contribution is 2.41. The molecule has 2 aliphatic rings. The predicted molar refractivity (Wildman–Crippen MR) is 72.4 cm³/mol. The molecule has 92 valence electrons. The lowest BCUT2D eigenvalue weighted by molar-refractivity contribution is 0.0982. The van der Waals surface area contributed by atoms with Gasteiger partial charge in [0.2, 0.25) is 0 Å². The number of hydrogen-bond donors (Lipinski definition) is 1. The van der Waals surface area contributed by atoms with E-state index in [2.05, 4.69) is 24.3 Å². The predicted octanol–water partition coefficient (Wildman–Crippen LogP) is 3.64. The lowest BCUT2D eigenvalue weighted by Crippen LogP contribution is -2.22. The van der Waals surface area contributed by atoms with Crippen LogP contribution in [0, 0.1) is 5.92 Å². The average Bonchev–Trinajstić information content (AvgIpc) is 2.71. The minimum Gasteiger partial charge on any atom is -0.393 e. The quantitative estimate of drug-likeness (QED) is 0.862. The maximum absolute atomic E-state index is 9.72. The van der Waals surface area contributed by atoms with Crippen molar-refractivity contribution >= 4 is 11.8 Å². The molecule has 1 N–H and O–H groups in total. The largest absolute Gasteiger partial charge is 0.393 e. The summed E-state index contributed by atoms with van der Waals surface area (Å²) in [4.78, 5) is 1.48. The van der Waals surface area contributed by atoms with Gasteiger partial charge in [-0.05, 0) is 43.2 Å². The van der Waals surface area contributed by atoms with Crippen LogP contribution in [0.5, 0.6) is 0 Å². The summed E-state index contributed by atoms with van der Waals surface area (Å²) in [6.07, 6.45) is 7.09. The molecular formula is C15H20OS. The molecule has 2 heteroatoms. The van der Waals surface area contributed by atoms with Crippen molar-refractivity contribution in [3.8, 4) is 0 Å². The van der Waals surface area contributed by atoms with Crippen LogP contribution in [-0.4, -0.2) is 16.5 Å². The summed E-state index contributed by atoms with van der Waals surface area (Å²) in [5, 5.41) is 10.5. The highest BCUT2D eigenvalue weighted by molar-refractivity contribution is 8.00. The zero-order valence-corrected chi connectivity index (χ0v) is 11.0. The molecule has 3 unspecified atom stereocenters. The first-order valence-corrected chi connectivity index (χ1v) is 7.62. The molecule has 1 aromatic rings. The van der Waals surface area contributed by atoms with Crippen LogP contribution in [0.1, 0.15) is 37.7 Å². The summed E-state index contributed by atoms with van der Waals surface area (Å²) in [6, 6.07) is 8.79. The summed E-state index contributed by atoms with van der Waals surface area (Å²) < 4.78 is 0. The van der Waals surface area contributed by atoms with Crippen LogP contribution in [0.4, 0.5) is 0 Å². The van der Waals surface area contributed by atoms with Crippen LogP contribution in [0.25, 0.3) is 0 Å². The molecule has 3 atom stereocenters. The fourth-order valence-electron chi connectivity index (χ4n) is 3.23. The Labute approximate surface area is 108 Å². The first kappa shape index (κ1) is 11.6. The monoisotopic (exact) mass is 248 g/mol. The lowest BCUT2D eigenvalue weighted by Gasteiger charge is -2.27. The third-order valence-electron chi connectivity index (χ3n) is 4.07. The fourth-order valence-corrected chi connectivity index (χ4v) is 4.68. The van der Waals surface area contributed by atoms with E-state index in [0.29, 0.717) is 0 Å². The SMILES string of the molecule is OC1CCCC(CC2Cc3ccccc3S2)C1. The molecule has 3 rings (SSSR count). The summed E-state index contributed by atoms with van der Waals surface area (Å²) in [6.45, 7) is 0. The van der Waals surface area contributed by atoms with E-state index in [9.17, 15) is 5.11 Å². The topological polar surface area (TPSA) is 20.2 Å². The molecular weight excluding hydrogens is 228 g/mol. The van der Waals surface area contributed by atoms with Gasteiger partial charge in [-0.1, -0.05) is 31.0 Å². The molecule has 0 saturated heterocycles. The van der Waals surface area contributed by atoms with Crippen molar-refractivity contribution in [3.63, 3.8) is 0 Å². The van der Waals surface area contributed by atoms with Crippen LogP contribution in [0.15, 0.2) is 29.2 Å². The van der Waals surface area contributed by atoms with E-state index in [1.165, 1.54) is 36.1 Å². The van der Waals surface area contributed by atoms with Gasteiger partial charge in [0, 0.05) is 10.1 Å². The van der Waals surface area contributed by atoms with Crippen molar-refractivity contribution in [2.45, 2.75) is 54.8 Å². The van der Waals surface area contributed by atoms with E-state index in [0.717, 1.165) is 24.0 Å². The molecule has 1 aliphatic carbocycles. The zero-order valence-electron chi connectivity index (χ0n) is 10.1. The van der Waals surface area contributed by atoms with E-state index in [-0.39, 0.29) is 6.10 Å². The molecule has 0 spiro atoms. The van der Waals surface area contributed by atoms with Gasteiger partial charge in [0.25, 0.3) is 0 Å². The summed E-state index contributed by atoms with van der Waals surface area (Å²) in [7, 11) is 0. The summed E-state index contributed by atoms with van der Waals surface area (Å²) in [5.74, 6) is 0.755. The number of hydrogen-bond acceptors (Lipinski definition) is 2. The minimum atomic E-state index is -0.0254. The molecule has 17 heavy (non-hydrogen) atoms. The lowest BCUT2D eigenvalue weighted by atomic mass is 9.83. The molecule has 0 amide bonds. The number of fused-ring (bicyclic) bond motifs is 1. The van der Waals surface area contributed by atoms with Gasteiger partial charge < -0.3 is 5.11 Å². The Morgan fingerprint density at radius 2 is 2.12 bits per heavy atom. The number of thioether (sulfide) groups is 1. The second-order valence-electron chi connectivity index (χ2n) is 5.47. The second kappa shape index (κ2) is 5.03. The molecule has 0 aromatic heterocycles. The zero-order chi connectivity index (χ0) is 11.7. The molecule has 1 fully saturated rings. The van der Waals surface area contributed by atoms with Crippen LogP contribution in [0.2, 0.25) is 0 Å². The Balaban J connectivity index is 1.58. The molecule has 1 aromatic carbocycles. The third kappa shape index (κ3) is 2.69. The Morgan fingerprint density at radius 1 is 1.24 bits per heavy atom. The highest BCUT2D eigenvalue weighted by Gasteiger charge is 2.27. The number of benzene rings is 1. The Bertz CT molecular complexity index is 365. The van der Waals surface area contributed by atoms with Gasteiger partial charge >= 0.3 is 0 Å². The van der Waals surface area contributed by atoms with Crippen molar-refractivity contribution < 1.29 is 5.11 Å². The first-order valence-electron chi connectivity index (χ1n) is 6.74.